The second-order valence-electron chi connectivity index (χ2n) is 5.11. The molecular weight excluding hydrogens is 242 g/mol. The third kappa shape index (κ3) is 4.25. The Balaban J connectivity index is 2.74. The van der Waals surface area contributed by atoms with Gasteiger partial charge in [-0.25, -0.2) is 13.1 Å². The maximum Gasteiger partial charge on any atom is 0.243 e. The number of hydrogen-bond acceptors (Lipinski definition) is 4. The summed E-state index contributed by atoms with van der Waals surface area (Å²) in [6, 6.07) is 0.238. The van der Waals surface area contributed by atoms with Crippen molar-refractivity contribution in [3.05, 3.63) is 0 Å². The molecule has 2 N–H and O–H groups in total. The number of nitrogens with one attached hydrogen (secondary N) is 2. The second kappa shape index (κ2) is 4.91. The van der Waals surface area contributed by atoms with Crippen LogP contribution in [0.25, 0.3) is 0 Å². The number of carbonyl (C=O) groups excluding carboxylic acids is 1. The molecule has 0 aliphatic carbocycles. The molecule has 7 heteroatoms. The Morgan fingerprint density at radius 2 is 2.06 bits per heavy atom. The molecule has 0 aromatic carbocycles. The summed E-state index contributed by atoms with van der Waals surface area (Å²) in [4.78, 5) is 13.9. The predicted octanol–water partition coefficient (Wildman–Crippen LogP) is -0.865. The minimum atomic E-state index is -3.39. The highest BCUT2D eigenvalue weighted by Crippen LogP contribution is 2.11. The van der Waals surface area contributed by atoms with Crippen molar-refractivity contribution in [1.82, 2.24) is 14.9 Å². The molecule has 0 spiro atoms. The third-order valence-corrected chi connectivity index (χ3v) is 3.51. The van der Waals surface area contributed by atoms with Crippen LogP contribution in [0.5, 0.6) is 0 Å². The largest absolute Gasteiger partial charge is 0.338 e. The Labute approximate surface area is 103 Å². The number of sulfonamides is 1. The minimum absolute atomic E-state index is 0.184. The van der Waals surface area contributed by atoms with Crippen molar-refractivity contribution in [2.75, 3.05) is 25.9 Å². The zero-order chi connectivity index (χ0) is 13.3. The van der Waals surface area contributed by atoms with Crippen LogP contribution in [0.4, 0.5) is 0 Å². The van der Waals surface area contributed by atoms with E-state index in [-0.39, 0.29) is 11.9 Å². The maximum atomic E-state index is 12.2. The Bertz CT molecular complexity index is 392. The van der Waals surface area contributed by atoms with E-state index in [0.29, 0.717) is 13.1 Å². The molecule has 17 heavy (non-hydrogen) atoms. The van der Waals surface area contributed by atoms with Gasteiger partial charge in [0.15, 0.2) is 0 Å². The van der Waals surface area contributed by atoms with Crippen molar-refractivity contribution in [3.8, 4) is 0 Å². The third-order valence-electron chi connectivity index (χ3n) is 2.63. The summed E-state index contributed by atoms with van der Waals surface area (Å²) >= 11 is 0. The Morgan fingerprint density at radius 3 is 2.53 bits per heavy atom. The highest BCUT2D eigenvalue weighted by Gasteiger charge is 2.35. The van der Waals surface area contributed by atoms with Gasteiger partial charge in [-0.3, -0.25) is 4.79 Å². The van der Waals surface area contributed by atoms with Gasteiger partial charge in [0.25, 0.3) is 0 Å². The van der Waals surface area contributed by atoms with Gasteiger partial charge >= 0.3 is 0 Å². The van der Waals surface area contributed by atoms with Gasteiger partial charge in [0.05, 0.1) is 6.26 Å². The first-order chi connectivity index (χ1) is 7.62. The number of nitrogens with zero attached hydrogens (tertiary/aromatic N) is 1. The monoisotopic (exact) mass is 263 g/mol. The van der Waals surface area contributed by atoms with Crippen LogP contribution in [-0.2, 0) is 14.8 Å². The SMILES string of the molecule is CC1CN(C(=O)C(C)(C)NS(C)(=O)=O)CCN1. The van der Waals surface area contributed by atoms with E-state index in [4.69, 9.17) is 0 Å². The summed E-state index contributed by atoms with van der Waals surface area (Å²) in [7, 11) is -3.39. The fourth-order valence-corrected chi connectivity index (χ4v) is 3.03. The van der Waals surface area contributed by atoms with E-state index in [1.807, 2.05) is 6.92 Å². The van der Waals surface area contributed by atoms with E-state index in [2.05, 4.69) is 10.0 Å². The normalized spacial score (nSPS) is 22.6. The smallest absolute Gasteiger partial charge is 0.243 e. The molecule has 0 aromatic rings. The van der Waals surface area contributed by atoms with Gasteiger partial charge in [-0.05, 0) is 20.8 Å². The van der Waals surface area contributed by atoms with Gasteiger partial charge in [0.1, 0.15) is 5.54 Å². The van der Waals surface area contributed by atoms with Crippen molar-refractivity contribution < 1.29 is 13.2 Å². The van der Waals surface area contributed by atoms with Gasteiger partial charge in [0.2, 0.25) is 15.9 Å². The number of piperazine rings is 1. The summed E-state index contributed by atoms with van der Waals surface area (Å²) in [5.74, 6) is -0.184. The standard InChI is InChI=1S/C10H21N3O3S/c1-8-7-13(6-5-11-8)9(14)10(2,3)12-17(4,15)16/h8,11-12H,5-7H2,1-4H3. The van der Waals surface area contributed by atoms with E-state index < -0.39 is 15.6 Å². The van der Waals surface area contributed by atoms with Crippen LogP contribution in [0.3, 0.4) is 0 Å². The molecule has 0 saturated carbocycles. The first-order valence-electron chi connectivity index (χ1n) is 5.63. The van der Waals surface area contributed by atoms with Gasteiger partial charge in [0, 0.05) is 25.7 Å². The zero-order valence-corrected chi connectivity index (χ0v) is 11.6. The number of rotatable bonds is 3. The van der Waals surface area contributed by atoms with Crippen molar-refractivity contribution >= 4 is 15.9 Å². The maximum absolute atomic E-state index is 12.2. The minimum Gasteiger partial charge on any atom is -0.338 e. The van der Waals surface area contributed by atoms with Crippen LogP contribution in [-0.4, -0.2) is 56.7 Å². The first-order valence-corrected chi connectivity index (χ1v) is 7.53. The molecule has 1 heterocycles. The molecule has 1 aliphatic rings. The Kier molecular flexibility index (Phi) is 4.16. The van der Waals surface area contributed by atoms with Crippen LogP contribution < -0.4 is 10.0 Å². The average Bonchev–Trinajstić information content (AvgIpc) is 2.12. The second-order valence-corrected chi connectivity index (χ2v) is 6.85. The molecule has 0 radical (unpaired) electrons. The molecule has 1 unspecified atom stereocenters. The lowest BCUT2D eigenvalue weighted by molar-refractivity contribution is -0.137. The molecule has 1 fully saturated rings. The predicted molar refractivity (Wildman–Crippen MR) is 66.1 cm³/mol. The molecule has 100 valence electrons. The van der Waals surface area contributed by atoms with Gasteiger partial charge in [-0.2, -0.15) is 0 Å². The van der Waals surface area contributed by atoms with E-state index in [0.717, 1.165) is 12.8 Å². The summed E-state index contributed by atoms with van der Waals surface area (Å²) in [6.45, 7) is 7.12. The highest BCUT2D eigenvalue weighted by atomic mass is 32.2. The molecule has 6 nitrogen and oxygen atoms in total. The lowest BCUT2D eigenvalue weighted by atomic mass is 10.0. The van der Waals surface area contributed by atoms with E-state index in [1.165, 1.54) is 0 Å². The molecule has 1 rings (SSSR count). The van der Waals surface area contributed by atoms with Gasteiger partial charge in [-0.1, -0.05) is 0 Å². The zero-order valence-electron chi connectivity index (χ0n) is 10.8. The fourth-order valence-electron chi connectivity index (χ4n) is 2.02. The van der Waals surface area contributed by atoms with Crippen LogP contribution in [0.1, 0.15) is 20.8 Å². The summed E-state index contributed by atoms with van der Waals surface area (Å²) in [5, 5.41) is 3.23. The lowest BCUT2D eigenvalue weighted by Gasteiger charge is -2.37. The molecule has 0 bridgehead atoms. The molecule has 1 saturated heterocycles. The van der Waals surface area contributed by atoms with Crippen molar-refractivity contribution in [3.63, 3.8) is 0 Å². The summed E-state index contributed by atoms with van der Waals surface area (Å²) < 4.78 is 24.8. The van der Waals surface area contributed by atoms with E-state index in [9.17, 15) is 13.2 Å². The van der Waals surface area contributed by atoms with Crippen molar-refractivity contribution in [1.29, 1.82) is 0 Å². The number of amides is 1. The lowest BCUT2D eigenvalue weighted by Crippen LogP contribution is -2.60. The number of carbonyl (C=O) groups is 1. The van der Waals surface area contributed by atoms with Gasteiger partial charge < -0.3 is 10.2 Å². The molecule has 0 aromatic heterocycles. The average molecular weight is 263 g/mol. The van der Waals surface area contributed by atoms with Crippen LogP contribution in [0.15, 0.2) is 0 Å². The van der Waals surface area contributed by atoms with Crippen LogP contribution in [0, 0.1) is 0 Å². The van der Waals surface area contributed by atoms with Crippen molar-refractivity contribution in [2.24, 2.45) is 0 Å². The molecule has 1 atom stereocenters. The Morgan fingerprint density at radius 1 is 1.47 bits per heavy atom. The summed E-state index contributed by atoms with van der Waals surface area (Å²) in [6.07, 6.45) is 1.06. The van der Waals surface area contributed by atoms with E-state index >= 15 is 0 Å². The van der Waals surface area contributed by atoms with E-state index in [1.54, 1.807) is 18.7 Å². The molecule has 1 aliphatic heterocycles. The summed E-state index contributed by atoms with van der Waals surface area (Å²) in [5.41, 5.74) is -1.09. The highest BCUT2D eigenvalue weighted by molar-refractivity contribution is 7.88. The first kappa shape index (κ1) is 14.4. The molecular formula is C10H21N3O3S. The Hall–Kier alpha value is -0.660. The van der Waals surface area contributed by atoms with Crippen LogP contribution in [0.2, 0.25) is 0 Å². The molecule has 1 amide bonds. The topological polar surface area (TPSA) is 78.5 Å². The van der Waals surface area contributed by atoms with Gasteiger partial charge in [-0.15, -0.1) is 0 Å². The number of hydrogen-bond donors (Lipinski definition) is 2. The fraction of sp³-hybridized carbons (Fsp3) is 0.900. The quantitative estimate of drug-likeness (QED) is 0.694. The van der Waals surface area contributed by atoms with Crippen molar-refractivity contribution in [2.45, 2.75) is 32.4 Å². The van der Waals surface area contributed by atoms with Crippen LogP contribution >= 0.6 is 0 Å².